The van der Waals surface area contributed by atoms with Gasteiger partial charge in [-0.1, -0.05) is 12.1 Å². The minimum atomic E-state index is -2.87. The van der Waals surface area contributed by atoms with Crippen molar-refractivity contribution in [3.8, 4) is 11.5 Å². The zero-order valence-corrected chi connectivity index (χ0v) is 14.3. The van der Waals surface area contributed by atoms with Crippen molar-refractivity contribution in [1.29, 1.82) is 0 Å². The van der Waals surface area contributed by atoms with E-state index >= 15 is 0 Å². The molecule has 2 aromatic carbocycles. The van der Waals surface area contributed by atoms with Crippen LogP contribution in [-0.4, -0.2) is 31.9 Å². The quantitative estimate of drug-likeness (QED) is 0.558. The van der Waals surface area contributed by atoms with Gasteiger partial charge in [0.1, 0.15) is 11.5 Å². The van der Waals surface area contributed by atoms with Gasteiger partial charge in [-0.05, 0) is 48.9 Å². The number of rotatable bonds is 8. The number of nitrogens with one attached hydrogen (secondary N) is 2. The van der Waals surface area contributed by atoms with Crippen molar-refractivity contribution in [2.45, 2.75) is 13.5 Å². The van der Waals surface area contributed by atoms with E-state index in [0.717, 1.165) is 0 Å². The largest absolute Gasteiger partial charge is 0.495 e. The van der Waals surface area contributed by atoms with E-state index in [0.29, 0.717) is 22.7 Å². The highest BCUT2D eigenvalue weighted by molar-refractivity contribution is 5.99. The first-order chi connectivity index (χ1) is 12.5. The number of amides is 1. The van der Waals surface area contributed by atoms with Gasteiger partial charge in [0.2, 0.25) is 0 Å². The molecule has 0 saturated carbocycles. The molecule has 1 amide bonds. The maximum Gasteiger partial charge on any atom is 0.387 e. The molecule has 138 valence electrons. The van der Waals surface area contributed by atoms with E-state index in [-0.39, 0.29) is 18.2 Å². The average Bonchev–Trinajstić information content (AvgIpc) is 2.64. The third-order valence-corrected chi connectivity index (χ3v) is 3.39. The molecule has 0 aliphatic carbocycles. The molecule has 0 bridgehead atoms. The Hall–Kier alpha value is -3.16. The first-order valence-electron chi connectivity index (χ1n) is 7.75. The molecule has 8 heteroatoms. The molecular weight excluding hydrogens is 344 g/mol. The fourth-order valence-electron chi connectivity index (χ4n) is 2.09. The number of carbonyl (C=O) groups is 1. The van der Waals surface area contributed by atoms with Gasteiger partial charge in [-0.3, -0.25) is 4.79 Å². The monoisotopic (exact) mass is 363 g/mol. The zero-order valence-electron chi connectivity index (χ0n) is 14.3. The molecule has 2 rings (SSSR count). The molecule has 0 radical (unpaired) electrons. The maximum atomic E-state index is 12.1. The smallest absolute Gasteiger partial charge is 0.387 e. The van der Waals surface area contributed by atoms with Crippen molar-refractivity contribution in [1.82, 2.24) is 5.43 Å². The third-order valence-electron chi connectivity index (χ3n) is 3.39. The van der Waals surface area contributed by atoms with E-state index in [1.54, 1.807) is 38.3 Å². The van der Waals surface area contributed by atoms with E-state index in [9.17, 15) is 13.6 Å². The standard InChI is InChI=1S/C18H19F2N3O3/c1-12(13-7-9-14(10-8-13)26-18(19)20)22-23-17(24)11-21-15-5-3-4-6-16(15)25-2/h3-10,18,21H,11H2,1-2H3,(H,23,24)/b22-12+. The second kappa shape index (κ2) is 9.36. The van der Waals surface area contributed by atoms with E-state index < -0.39 is 6.61 Å². The van der Waals surface area contributed by atoms with Crippen LogP contribution in [0.2, 0.25) is 0 Å². The third kappa shape index (κ3) is 5.73. The Morgan fingerprint density at radius 2 is 1.85 bits per heavy atom. The Bertz CT molecular complexity index is 765. The summed E-state index contributed by atoms with van der Waals surface area (Å²) in [6.45, 7) is -1.17. The maximum absolute atomic E-state index is 12.1. The number of alkyl halides is 2. The van der Waals surface area contributed by atoms with Crippen LogP contribution in [0.25, 0.3) is 0 Å². The fraction of sp³-hybridized carbons (Fsp3) is 0.222. The Balaban J connectivity index is 1.88. The van der Waals surface area contributed by atoms with Crippen LogP contribution in [0.5, 0.6) is 11.5 Å². The summed E-state index contributed by atoms with van der Waals surface area (Å²) in [5.74, 6) is 0.348. The Morgan fingerprint density at radius 3 is 2.50 bits per heavy atom. The number of methoxy groups -OCH3 is 1. The van der Waals surface area contributed by atoms with Gasteiger partial charge < -0.3 is 14.8 Å². The highest BCUT2D eigenvalue weighted by atomic mass is 19.3. The van der Waals surface area contributed by atoms with E-state index in [2.05, 4.69) is 20.6 Å². The molecule has 0 unspecified atom stereocenters. The number of para-hydroxylation sites is 2. The molecule has 0 aliphatic heterocycles. The summed E-state index contributed by atoms with van der Waals surface area (Å²) in [6.07, 6.45) is 0. The highest BCUT2D eigenvalue weighted by Gasteiger charge is 2.06. The van der Waals surface area contributed by atoms with Crippen molar-refractivity contribution >= 4 is 17.3 Å². The predicted octanol–water partition coefficient (Wildman–Crippen LogP) is 3.25. The van der Waals surface area contributed by atoms with Gasteiger partial charge in [-0.2, -0.15) is 13.9 Å². The van der Waals surface area contributed by atoms with Crippen molar-refractivity contribution in [3.63, 3.8) is 0 Å². The Kier molecular flexibility index (Phi) is 6.90. The number of halogens is 2. The van der Waals surface area contributed by atoms with Crippen molar-refractivity contribution in [2.24, 2.45) is 5.10 Å². The fourth-order valence-corrected chi connectivity index (χ4v) is 2.09. The van der Waals surface area contributed by atoms with Crippen molar-refractivity contribution < 1.29 is 23.0 Å². The summed E-state index contributed by atoms with van der Waals surface area (Å²) >= 11 is 0. The summed E-state index contributed by atoms with van der Waals surface area (Å²) in [4.78, 5) is 11.9. The second-order valence-corrected chi connectivity index (χ2v) is 5.19. The first kappa shape index (κ1) is 19.2. The number of hydrazone groups is 1. The molecule has 0 aliphatic rings. The van der Waals surface area contributed by atoms with Crippen molar-refractivity contribution in [2.75, 3.05) is 19.0 Å². The van der Waals surface area contributed by atoms with Crippen LogP contribution in [0, 0.1) is 0 Å². The van der Waals surface area contributed by atoms with Crippen LogP contribution in [0.15, 0.2) is 53.6 Å². The van der Waals surface area contributed by atoms with E-state index in [4.69, 9.17) is 4.74 Å². The normalized spacial score (nSPS) is 11.2. The molecule has 26 heavy (non-hydrogen) atoms. The lowest BCUT2D eigenvalue weighted by molar-refractivity contribution is -0.119. The van der Waals surface area contributed by atoms with Crippen LogP contribution < -0.4 is 20.2 Å². The minimum Gasteiger partial charge on any atom is -0.495 e. The van der Waals surface area contributed by atoms with Gasteiger partial charge in [-0.15, -0.1) is 0 Å². The lowest BCUT2D eigenvalue weighted by Crippen LogP contribution is -2.26. The van der Waals surface area contributed by atoms with Crippen molar-refractivity contribution in [3.05, 3.63) is 54.1 Å². The number of ether oxygens (including phenoxy) is 2. The molecule has 0 saturated heterocycles. The number of hydrogen-bond acceptors (Lipinski definition) is 5. The van der Waals surface area contributed by atoms with Gasteiger partial charge in [-0.25, -0.2) is 5.43 Å². The predicted molar refractivity (Wildman–Crippen MR) is 94.9 cm³/mol. The minimum absolute atomic E-state index is 0.0122. The lowest BCUT2D eigenvalue weighted by atomic mass is 10.1. The number of nitrogens with zero attached hydrogens (tertiary/aromatic N) is 1. The van der Waals surface area contributed by atoms with Crippen LogP contribution >= 0.6 is 0 Å². The Morgan fingerprint density at radius 1 is 1.15 bits per heavy atom. The zero-order chi connectivity index (χ0) is 18.9. The number of anilines is 1. The molecule has 0 fully saturated rings. The second-order valence-electron chi connectivity index (χ2n) is 5.19. The van der Waals surface area contributed by atoms with Crippen LogP contribution in [0.3, 0.4) is 0 Å². The topological polar surface area (TPSA) is 72.0 Å². The molecule has 0 atom stereocenters. The lowest BCUT2D eigenvalue weighted by Gasteiger charge is -2.10. The van der Waals surface area contributed by atoms with Gasteiger partial charge in [0.15, 0.2) is 0 Å². The molecule has 0 spiro atoms. The summed E-state index contributed by atoms with van der Waals surface area (Å²) in [5.41, 5.74) is 4.32. The summed E-state index contributed by atoms with van der Waals surface area (Å²) in [5, 5.41) is 6.96. The van der Waals surface area contributed by atoms with Crippen LogP contribution in [-0.2, 0) is 4.79 Å². The number of carbonyl (C=O) groups excluding carboxylic acids is 1. The summed E-state index contributed by atoms with van der Waals surface area (Å²) in [6, 6.07) is 13.2. The number of benzene rings is 2. The Labute approximate surface area is 149 Å². The SMILES string of the molecule is COc1ccccc1NCC(=O)N/N=C(\C)c1ccc(OC(F)F)cc1. The molecule has 2 aromatic rings. The molecule has 0 aromatic heterocycles. The van der Waals surface area contributed by atoms with Gasteiger partial charge >= 0.3 is 6.61 Å². The van der Waals surface area contributed by atoms with Gasteiger partial charge in [0, 0.05) is 0 Å². The average molecular weight is 363 g/mol. The first-order valence-corrected chi connectivity index (χ1v) is 7.75. The van der Waals surface area contributed by atoms with Gasteiger partial charge in [0.05, 0.1) is 25.1 Å². The molecular formula is C18H19F2N3O3. The molecule has 6 nitrogen and oxygen atoms in total. The van der Waals surface area contributed by atoms with Crippen LogP contribution in [0.1, 0.15) is 12.5 Å². The van der Waals surface area contributed by atoms with Crippen LogP contribution in [0.4, 0.5) is 14.5 Å². The van der Waals surface area contributed by atoms with E-state index in [1.807, 2.05) is 12.1 Å². The summed E-state index contributed by atoms with van der Waals surface area (Å²) < 4.78 is 33.7. The summed E-state index contributed by atoms with van der Waals surface area (Å²) in [7, 11) is 1.55. The van der Waals surface area contributed by atoms with E-state index in [1.165, 1.54) is 12.1 Å². The van der Waals surface area contributed by atoms with Gasteiger partial charge in [0.25, 0.3) is 5.91 Å². The molecule has 2 N–H and O–H groups in total. The highest BCUT2D eigenvalue weighted by Crippen LogP contribution is 2.22. The number of hydrogen-bond donors (Lipinski definition) is 2. The molecule has 0 heterocycles.